The summed E-state index contributed by atoms with van der Waals surface area (Å²) in [6.45, 7) is 0. The van der Waals surface area contributed by atoms with Gasteiger partial charge in [0.05, 0.1) is 14.2 Å². The quantitative estimate of drug-likeness (QED) is 0.597. The van der Waals surface area contributed by atoms with Crippen LogP contribution in [0.3, 0.4) is 0 Å². The van der Waals surface area contributed by atoms with E-state index in [0.717, 1.165) is 11.1 Å². The van der Waals surface area contributed by atoms with E-state index < -0.39 is 0 Å². The first kappa shape index (κ1) is 16.7. The fraction of sp³-hybridized carbons (Fsp3) is 0.111. The molecule has 0 aliphatic heterocycles. The molecule has 0 aliphatic carbocycles. The normalized spacial score (nSPS) is 9.83. The van der Waals surface area contributed by atoms with Gasteiger partial charge in [0, 0.05) is 0 Å². The molecule has 2 aromatic carbocycles. The maximum Gasteiger partial charge on any atom is 0.292 e. The lowest BCUT2D eigenvalue weighted by Crippen LogP contribution is -1.90. The molecule has 24 heavy (non-hydrogen) atoms. The number of hydrogen-bond donors (Lipinski definition) is 0. The summed E-state index contributed by atoms with van der Waals surface area (Å²) >= 11 is 0. The van der Waals surface area contributed by atoms with Gasteiger partial charge in [0.2, 0.25) is 0 Å². The highest BCUT2D eigenvalue weighted by molar-refractivity contribution is 5.72. The van der Waals surface area contributed by atoms with Crippen molar-refractivity contribution in [3.63, 3.8) is 0 Å². The summed E-state index contributed by atoms with van der Waals surface area (Å²) in [5, 5.41) is 17.2. The standard InChI is InChI=1S/C18H14N2O4/c1-21-17-9-13(5-7-15(17)23-11-19)3-4-14-6-8-16(24-12-20)18(10-14)22-2/h3-10H,1-2H3. The lowest BCUT2D eigenvalue weighted by molar-refractivity contribution is 0.384. The molecule has 0 atom stereocenters. The summed E-state index contributed by atoms with van der Waals surface area (Å²) in [5.74, 6) is 1.65. The van der Waals surface area contributed by atoms with E-state index >= 15 is 0 Å². The predicted molar refractivity (Wildman–Crippen MR) is 87.4 cm³/mol. The van der Waals surface area contributed by atoms with E-state index in [1.807, 2.05) is 12.2 Å². The zero-order chi connectivity index (χ0) is 17.4. The lowest BCUT2D eigenvalue weighted by atomic mass is 10.1. The van der Waals surface area contributed by atoms with Crippen LogP contribution in [0, 0.1) is 23.0 Å². The summed E-state index contributed by atoms with van der Waals surface area (Å²) in [6.07, 6.45) is 6.98. The molecule has 0 bridgehead atoms. The third kappa shape index (κ3) is 3.96. The van der Waals surface area contributed by atoms with Gasteiger partial charge in [-0.25, -0.2) is 0 Å². The first-order chi connectivity index (χ1) is 11.7. The SMILES string of the molecule is COc1cc(C=Cc2ccc(OC#N)c(OC)c2)ccc1OC#N. The van der Waals surface area contributed by atoms with Crippen LogP contribution >= 0.6 is 0 Å². The molecule has 0 saturated carbocycles. The molecule has 0 amide bonds. The summed E-state index contributed by atoms with van der Waals surface area (Å²) in [7, 11) is 3.01. The van der Waals surface area contributed by atoms with Gasteiger partial charge in [0.1, 0.15) is 0 Å². The van der Waals surface area contributed by atoms with E-state index in [0.29, 0.717) is 23.0 Å². The van der Waals surface area contributed by atoms with E-state index in [1.165, 1.54) is 14.2 Å². The smallest absolute Gasteiger partial charge is 0.292 e. The Balaban J connectivity index is 2.25. The largest absolute Gasteiger partial charge is 0.493 e. The Labute approximate surface area is 139 Å². The first-order valence-electron chi connectivity index (χ1n) is 6.88. The van der Waals surface area contributed by atoms with Gasteiger partial charge in [0.25, 0.3) is 12.5 Å². The molecule has 0 unspecified atom stereocenters. The van der Waals surface area contributed by atoms with Crippen molar-refractivity contribution in [2.75, 3.05) is 14.2 Å². The van der Waals surface area contributed by atoms with Gasteiger partial charge in [0.15, 0.2) is 23.0 Å². The molecule has 0 N–H and O–H groups in total. The first-order valence-corrected chi connectivity index (χ1v) is 6.88. The van der Waals surface area contributed by atoms with Gasteiger partial charge in [-0.05, 0) is 35.4 Å². The third-order valence-corrected chi connectivity index (χ3v) is 3.15. The summed E-state index contributed by atoms with van der Waals surface area (Å²) in [6, 6.07) is 10.4. The Morgan fingerprint density at radius 2 is 1.12 bits per heavy atom. The minimum atomic E-state index is 0.358. The number of rotatable bonds is 6. The molecule has 2 rings (SSSR count). The number of methoxy groups -OCH3 is 2. The fourth-order valence-electron chi connectivity index (χ4n) is 2.04. The van der Waals surface area contributed by atoms with Crippen LogP contribution in [0.1, 0.15) is 11.1 Å². The Morgan fingerprint density at radius 1 is 0.708 bits per heavy atom. The summed E-state index contributed by atoms with van der Waals surface area (Å²) in [5.41, 5.74) is 1.74. The van der Waals surface area contributed by atoms with Crippen molar-refractivity contribution >= 4 is 12.2 Å². The lowest BCUT2D eigenvalue weighted by Gasteiger charge is -2.07. The Hall–Kier alpha value is -3.64. The average Bonchev–Trinajstić information content (AvgIpc) is 2.62. The Kier molecular flexibility index (Phi) is 5.65. The van der Waals surface area contributed by atoms with E-state index in [4.69, 9.17) is 29.5 Å². The fourth-order valence-corrected chi connectivity index (χ4v) is 2.04. The van der Waals surface area contributed by atoms with E-state index in [1.54, 1.807) is 48.9 Å². The van der Waals surface area contributed by atoms with Crippen molar-refractivity contribution in [3.05, 3.63) is 47.5 Å². The van der Waals surface area contributed by atoms with Crippen LogP contribution in [0.4, 0.5) is 0 Å². The van der Waals surface area contributed by atoms with Gasteiger partial charge in [-0.1, -0.05) is 24.3 Å². The molecule has 0 radical (unpaired) electrons. The number of benzene rings is 2. The maximum absolute atomic E-state index is 8.59. The highest BCUT2D eigenvalue weighted by Gasteiger charge is 2.06. The minimum absolute atomic E-state index is 0.358. The predicted octanol–water partition coefficient (Wildman–Crippen LogP) is 3.59. The topological polar surface area (TPSA) is 84.5 Å². The van der Waals surface area contributed by atoms with Gasteiger partial charge >= 0.3 is 0 Å². The van der Waals surface area contributed by atoms with Crippen molar-refractivity contribution in [2.45, 2.75) is 0 Å². The highest BCUT2D eigenvalue weighted by Crippen LogP contribution is 2.30. The van der Waals surface area contributed by atoms with Gasteiger partial charge in [-0.3, -0.25) is 0 Å². The number of ether oxygens (including phenoxy) is 4. The molecule has 0 fully saturated rings. The molecule has 0 spiro atoms. The molecular weight excluding hydrogens is 308 g/mol. The maximum atomic E-state index is 8.59. The molecule has 6 nitrogen and oxygen atoms in total. The number of hydrogen-bond acceptors (Lipinski definition) is 6. The van der Waals surface area contributed by atoms with Crippen LogP contribution in [-0.2, 0) is 0 Å². The van der Waals surface area contributed by atoms with Crippen molar-refractivity contribution in [2.24, 2.45) is 0 Å². The molecule has 0 heterocycles. The second-order valence-corrected chi connectivity index (χ2v) is 4.54. The average molecular weight is 322 g/mol. The van der Waals surface area contributed by atoms with Gasteiger partial charge < -0.3 is 18.9 Å². The molecule has 6 heteroatoms. The van der Waals surface area contributed by atoms with Crippen LogP contribution < -0.4 is 18.9 Å². The number of nitrogens with zero attached hydrogens (tertiary/aromatic N) is 2. The zero-order valence-electron chi connectivity index (χ0n) is 13.1. The molecule has 0 aliphatic rings. The van der Waals surface area contributed by atoms with Gasteiger partial charge in [-0.2, -0.15) is 0 Å². The second-order valence-electron chi connectivity index (χ2n) is 4.54. The summed E-state index contributed by atoms with van der Waals surface area (Å²) in [4.78, 5) is 0. The molecular formula is C18H14N2O4. The Bertz CT molecular complexity index is 762. The Morgan fingerprint density at radius 3 is 1.46 bits per heavy atom. The van der Waals surface area contributed by atoms with Crippen molar-refractivity contribution in [3.8, 4) is 35.5 Å². The minimum Gasteiger partial charge on any atom is -0.493 e. The molecule has 120 valence electrons. The van der Waals surface area contributed by atoms with Crippen LogP contribution in [0.15, 0.2) is 36.4 Å². The highest BCUT2D eigenvalue weighted by atomic mass is 16.5. The second kappa shape index (κ2) is 8.11. The molecule has 0 saturated heterocycles. The van der Waals surface area contributed by atoms with Crippen LogP contribution in [0.2, 0.25) is 0 Å². The van der Waals surface area contributed by atoms with Crippen molar-refractivity contribution in [1.82, 2.24) is 0 Å². The van der Waals surface area contributed by atoms with Crippen molar-refractivity contribution in [1.29, 1.82) is 10.5 Å². The molecule has 0 aromatic heterocycles. The third-order valence-electron chi connectivity index (χ3n) is 3.15. The van der Waals surface area contributed by atoms with Gasteiger partial charge in [-0.15, -0.1) is 10.5 Å². The van der Waals surface area contributed by atoms with Crippen LogP contribution in [0.5, 0.6) is 23.0 Å². The van der Waals surface area contributed by atoms with Crippen molar-refractivity contribution < 1.29 is 18.9 Å². The zero-order valence-corrected chi connectivity index (χ0v) is 13.1. The van der Waals surface area contributed by atoms with E-state index in [2.05, 4.69) is 0 Å². The molecule has 2 aromatic rings. The summed E-state index contributed by atoms with van der Waals surface area (Å²) < 4.78 is 20.0. The van der Waals surface area contributed by atoms with Crippen LogP contribution in [0.25, 0.3) is 12.2 Å². The monoisotopic (exact) mass is 322 g/mol. The van der Waals surface area contributed by atoms with E-state index in [-0.39, 0.29) is 0 Å². The number of nitriles is 2. The van der Waals surface area contributed by atoms with Crippen LogP contribution in [-0.4, -0.2) is 14.2 Å². The van der Waals surface area contributed by atoms with E-state index in [9.17, 15) is 0 Å².